The van der Waals surface area contributed by atoms with E-state index >= 15 is 0 Å². The molecule has 0 fully saturated rings. The van der Waals surface area contributed by atoms with E-state index in [1.165, 1.54) is 0 Å². The molecule has 0 spiro atoms. The van der Waals surface area contributed by atoms with E-state index in [0.717, 1.165) is 10.8 Å². The van der Waals surface area contributed by atoms with Gasteiger partial charge in [0.15, 0.2) is 0 Å². The second-order valence-electron chi connectivity index (χ2n) is 2.53. The average Bonchev–Trinajstić information content (AvgIpc) is 2.04. The van der Waals surface area contributed by atoms with Crippen molar-refractivity contribution < 1.29 is 31.3 Å². The fourth-order valence-corrected chi connectivity index (χ4v) is 1.18. The van der Waals surface area contributed by atoms with Gasteiger partial charge >= 0.3 is 0 Å². The zero-order chi connectivity index (χ0) is 7.68. The van der Waals surface area contributed by atoms with E-state index in [9.17, 15) is 0 Å². The third-order valence-electron chi connectivity index (χ3n) is 1.73. The maximum absolute atomic E-state index is 9.13. The van der Waals surface area contributed by atoms with Gasteiger partial charge in [-0.3, -0.25) is 0 Å². The first-order valence-corrected chi connectivity index (χ1v) is 3.54. The first-order valence-electron chi connectivity index (χ1n) is 3.54. The Morgan fingerprint density at radius 2 is 1.46 bits per heavy atom. The predicted molar refractivity (Wildman–Crippen MR) is 52.9 cm³/mol. The Labute approximate surface area is 102 Å². The van der Waals surface area contributed by atoms with Gasteiger partial charge in [-0.05, 0) is 22.9 Å². The molecule has 13 heavy (non-hydrogen) atoms. The van der Waals surface area contributed by atoms with Crippen LogP contribution in [0.1, 0.15) is 0 Å². The summed E-state index contributed by atoms with van der Waals surface area (Å²) in [5.41, 5.74) is 0. The van der Waals surface area contributed by atoms with Gasteiger partial charge in [0.1, 0.15) is 5.75 Å². The van der Waals surface area contributed by atoms with Gasteiger partial charge in [0.25, 0.3) is 0 Å². The van der Waals surface area contributed by atoms with Crippen LogP contribution in [0, 0.1) is 0 Å². The van der Waals surface area contributed by atoms with Crippen molar-refractivity contribution in [3.8, 4) is 5.75 Å². The van der Waals surface area contributed by atoms with Crippen LogP contribution in [0.2, 0.25) is 0 Å². The summed E-state index contributed by atoms with van der Waals surface area (Å²) in [6.07, 6.45) is 0. The number of phenolic OH excluding ortho intramolecular Hbond substituents is 1. The summed E-state index contributed by atoms with van der Waals surface area (Å²) < 4.78 is 0. The minimum Gasteiger partial charge on any atom is -0.508 e. The molecular weight excluding hydrogens is 263 g/mol. The Bertz CT molecular complexity index is 389. The molecule has 0 aromatic heterocycles. The van der Waals surface area contributed by atoms with Crippen molar-refractivity contribution in [1.29, 1.82) is 0 Å². The Morgan fingerprint density at radius 3 is 2.15 bits per heavy atom. The van der Waals surface area contributed by atoms with Crippen molar-refractivity contribution in [1.82, 2.24) is 0 Å². The van der Waals surface area contributed by atoms with E-state index < -0.39 is 0 Å². The molecule has 3 heteroatoms. The standard InChI is InChI=1S/C10H8O.ClH.Zr/c11-10-6-5-8-3-1-2-4-9(8)7-10;;/h1-7,11H;1H;. The summed E-state index contributed by atoms with van der Waals surface area (Å²) in [6, 6.07) is 13.3. The molecule has 66 valence electrons. The molecule has 0 saturated carbocycles. The van der Waals surface area contributed by atoms with Gasteiger partial charge in [0, 0.05) is 26.2 Å². The number of benzene rings is 2. The van der Waals surface area contributed by atoms with E-state index in [2.05, 4.69) is 0 Å². The van der Waals surface area contributed by atoms with Crippen LogP contribution in [-0.4, -0.2) is 5.11 Å². The van der Waals surface area contributed by atoms with Crippen molar-refractivity contribution in [3.63, 3.8) is 0 Å². The Balaban J connectivity index is 0.000000720. The van der Waals surface area contributed by atoms with Crippen molar-refractivity contribution in [2.24, 2.45) is 0 Å². The van der Waals surface area contributed by atoms with Crippen molar-refractivity contribution in [2.45, 2.75) is 0 Å². The van der Waals surface area contributed by atoms with Crippen molar-refractivity contribution >= 4 is 23.2 Å². The molecule has 0 aliphatic heterocycles. The van der Waals surface area contributed by atoms with Gasteiger partial charge in [0.05, 0.1) is 0 Å². The summed E-state index contributed by atoms with van der Waals surface area (Å²) in [5.74, 6) is 0.323. The fraction of sp³-hybridized carbons (Fsp3) is 0. The van der Waals surface area contributed by atoms with Crippen LogP contribution in [0.15, 0.2) is 42.5 Å². The van der Waals surface area contributed by atoms with E-state index in [1.807, 2.05) is 30.3 Å². The topological polar surface area (TPSA) is 20.2 Å². The van der Waals surface area contributed by atoms with Crippen LogP contribution in [0.3, 0.4) is 0 Å². The van der Waals surface area contributed by atoms with E-state index in [-0.39, 0.29) is 38.6 Å². The quantitative estimate of drug-likeness (QED) is 0.781. The average molecular weight is 272 g/mol. The number of rotatable bonds is 0. The summed E-state index contributed by atoms with van der Waals surface area (Å²) in [5, 5.41) is 11.4. The van der Waals surface area contributed by atoms with Crippen LogP contribution < -0.4 is 0 Å². The largest absolute Gasteiger partial charge is 0.508 e. The normalized spacial score (nSPS) is 8.62. The zero-order valence-corrected chi connectivity index (χ0v) is 10.2. The number of fused-ring (bicyclic) bond motifs is 1. The molecule has 0 bridgehead atoms. The van der Waals surface area contributed by atoms with E-state index in [1.54, 1.807) is 12.1 Å². The minimum atomic E-state index is 0. The fourth-order valence-electron chi connectivity index (χ4n) is 1.18. The maximum atomic E-state index is 9.13. The molecular formula is C10H9ClOZr. The van der Waals surface area contributed by atoms with Crippen LogP contribution in [0.25, 0.3) is 10.8 Å². The Hall–Kier alpha value is -0.327. The van der Waals surface area contributed by atoms with Gasteiger partial charge in [-0.1, -0.05) is 30.3 Å². The number of halogens is 1. The summed E-state index contributed by atoms with van der Waals surface area (Å²) in [4.78, 5) is 0. The third-order valence-corrected chi connectivity index (χ3v) is 1.73. The molecule has 2 aromatic rings. The molecule has 0 unspecified atom stereocenters. The molecule has 0 atom stereocenters. The maximum Gasteiger partial charge on any atom is 0.116 e. The van der Waals surface area contributed by atoms with Crippen molar-refractivity contribution in [3.05, 3.63) is 42.5 Å². The zero-order valence-electron chi connectivity index (χ0n) is 6.90. The van der Waals surface area contributed by atoms with Crippen LogP contribution in [0.5, 0.6) is 5.75 Å². The first kappa shape index (κ1) is 12.7. The van der Waals surface area contributed by atoms with Crippen molar-refractivity contribution in [2.75, 3.05) is 0 Å². The number of aromatic hydroxyl groups is 1. The van der Waals surface area contributed by atoms with Crippen LogP contribution in [0.4, 0.5) is 0 Å². The molecule has 0 saturated heterocycles. The number of hydrogen-bond donors (Lipinski definition) is 1. The summed E-state index contributed by atoms with van der Waals surface area (Å²) >= 11 is 0. The molecule has 0 amide bonds. The SMILES string of the molecule is Cl.Oc1ccc2ccccc2c1.[Zr]. The Kier molecular flexibility index (Phi) is 5.28. The molecule has 1 N–H and O–H groups in total. The minimum absolute atomic E-state index is 0. The van der Waals surface area contributed by atoms with Crippen LogP contribution >= 0.6 is 12.4 Å². The Morgan fingerprint density at radius 1 is 0.846 bits per heavy atom. The molecule has 0 heterocycles. The predicted octanol–water partition coefficient (Wildman–Crippen LogP) is 2.96. The summed E-state index contributed by atoms with van der Waals surface area (Å²) in [7, 11) is 0. The molecule has 0 aliphatic carbocycles. The molecule has 0 aliphatic rings. The molecule has 0 radical (unpaired) electrons. The smallest absolute Gasteiger partial charge is 0.116 e. The van der Waals surface area contributed by atoms with Crippen LogP contribution in [-0.2, 0) is 26.2 Å². The van der Waals surface area contributed by atoms with Gasteiger partial charge in [0.2, 0.25) is 0 Å². The third kappa shape index (κ3) is 2.82. The second-order valence-corrected chi connectivity index (χ2v) is 2.53. The van der Waals surface area contributed by atoms with E-state index in [4.69, 9.17) is 5.11 Å². The molecule has 2 rings (SSSR count). The second kappa shape index (κ2) is 5.41. The number of hydrogen-bond acceptors (Lipinski definition) is 1. The van der Waals surface area contributed by atoms with Gasteiger partial charge in [-0.25, -0.2) is 0 Å². The molecule has 2 aromatic carbocycles. The monoisotopic (exact) mass is 270 g/mol. The first-order chi connectivity index (χ1) is 5.36. The van der Waals surface area contributed by atoms with E-state index in [0.29, 0.717) is 5.75 Å². The summed E-state index contributed by atoms with van der Waals surface area (Å²) in [6.45, 7) is 0. The van der Waals surface area contributed by atoms with Gasteiger partial charge in [-0.2, -0.15) is 0 Å². The number of phenols is 1. The van der Waals surface area contributed by atoms with Gasteiger partial charge < -0.3 is 5.11 Å². The van der Waals surface area contributed by atoms with Gasteiger partial charge in [-0.15, -0.1) is 12.4 Å². The molecule has 1 nitrogen and oxygen atoms in total.